The summed E-state index contributed by atoms with van der Waals surface area (Å²) in [6.07, 6.45) is 0.627. The SMILES string of the molecule is CCOC(=O)C1=C(O)C(C)(CC)CNC1=O. The molecule has 1 unspecified atom stereocenters. The van der Waals surface area contributed by atoms with Crippen LogP contribution >= 0.6 is 0 Å². The lowest BCUT2D eigenvalue weighted by molar-refractivity contribution is -0.141. The molecule has 0 radical (unpaired) electrons. The van der Waals surface area contributed by atoms with Crippen molar-refractivity contribution in [2.45, 2.75) is 27.2 Å². The van der Waals surface area contributed by atoms with E-state index in [0.29, 0.717) is 13.0 Å². The van der Waals surface area contributed by atoms with Gasteiger partial charge in [-0.05, 0) is 13.3 Å². The maximum absolute atomic E-state index is 11.5. The number of carbonyl (C=O) groups excluding carboxylic acids is 2. The molecule has 1 heterocycles. The van der Waals surface area contributed by atoms with E-state index in [0.717, 1.165) is 0 Å². The Kier molecular flexibility index (Phi) is 3.57. The summed E-state index contributed by atoms with van der Waals surface area (Å²) >= 11 is 0. The van der Waals surface area contributed by atoms with Crippen LogP contribution in [0.1, 0.15) is 27.2 Å². The summed E-state index contributed by atoms with van der Waals surface area (Å²) in [5, 5.41) is 12.6. The van der Waals surface area contributed by atoms with Crippen LogP contribution in [0.2, 0.25) is 0 Å². The van der Waals surface area contributed by atoms with Gasteiger partial charge in [0.2, 0.25) is 0 Å². The molecule has 1 atom stereocenters. The van der Waals surface area contributed by atoms with E-state index in [-0.39, 0.29) is 17.9 Å². The molecule has 0 bridgehead atoms. The number of hydrogen-bond donors (Lipinski definition) is 2. The average Bonchev–Trinajstić information content (AvgIpc) is 2.25. The van der Waals surface area contributed by atoms with Gasteiger partial charge in [0.15, 0.2) is 5.57 Å². The van der Waals surface area contributed by atoms with Crippen molar-refractivity contribution >= 4 is 11.9 Å². The van der Waals surface area contributed by atoms with Gasteiger partial charge in [-0.2, -0.15) is 0 Å². The van der Waals surface area contributed by atoms with Gasteiger partial charge in [-0.15, -0.1) is 0 Å². The highest BCUT2D eigenvalue weighted by Gasteiger charge is 2.40. The van der Waals surface area contributed by atoms with Crippen molar-refractivity contribution in [1.82, 2.24) is 5.32 Å². The third-order valence-electron chi connectivity index (χ3n) is 2.93. The Hall–Kier alpha value is -1.52. The fourth-order valence-electron chi connectivity index (χ4n) is 1.54. The van der Waals surface area contributed by atoms with Gasteiger partial charge in [0.25, 0.3) is 5.91 Å². The second kappa shape index (κ2) is 4.55. The first-order valence-electron chi connectivity index (χ1n) is 5.35. The molecule has 0 aliphatic carbocycles. The molecule has 5 nitrogen and oxygen atoms in total. The van der Waals surface area contributed by atoms with Crippen molar-refractivity contribution in [3.63, 3.8) is 0 Å². The monoisotopic (exact) mass is 227 g/mol. The first-order chi connectivity index (χ1) is 7.46. The number of esters is 1. The molecule has 0 saturated heterocycles. The molecular formula is C11H17NO4. The summed E-state index contributed by atoms with van der Waals surface area (Å²) in [6.45, 7) is 5.83. The van der Waals surface area contributed by atoms with Crippen molar-refractivity contribution < 1.29 is 19.4 Å². The third kappa shape index (κ3) is 2.03. The van der Waals surface area contributed by atoms with Crippen molar-refractivity contribution in [3.05, 3.63) is 11.3 Å². The minimum atomic E-state index is -0.767. The standard InChI is InChI=1S/C11H17NO4/c1-4-11(3)6-12-9(14)7(8(11)13)10(15)16-5-2/h13H,4-6H2,1-3H3,(H,12,14). The Balaban J connectivity index is 3.13. The van der Waals surface area contributed by atoms with E-state index in [9.17, 15) is 14.7 Å². The predicted octanol–water partition coefficient (Wildman–Crippen LogP) is 0.908. The lowest BCUT2D eigenvalue weighted by Gasteiger charge is -2.32. The molecule has 16 heavy (non-hydrogen) atoms. The molecule has 1 aliphatic heterocycles. The summed E-state index contributed by atoms with van der Waals surface area (Å²) in [4.78, 5) is 23.0. The van der Waals surface area contributed by atoms with E-state index in [1.54, 1.807) is 13.8 Å². The van der Waals surface area contributed by atoms with E-state index in [2.05, 4.69) is 5.32 Å². The van der Waals surface area contributed by atoms with Gasteiger partial charge in [-0.1, -0.05) is 13.8 Å². The predicted molar refractivity (Wildman–Crippen MR) is 57.7 cm³/mol. The van der Waals surface area contributed by atoms with Crippen LogP contribution in [0, 0.1) is 5.41 Å². The van der Waals surface area contributed by atoms with Crippen LogP contribution in [0.5, 0.6) is 0 Å². The van der Waals surface area contributed by atoms with Gasteiger partial charge >= 0.3 is 5.97 Å². The third-order valence-corrected chi connectivity index (χ3v) is 2.93. The van der Waals surface area contributed by atoms with Crippen molar-refractivity contribution in [1.29, 1.82) is 0 Å². The number of carbonyl (C=O) groups is 2. The van der Waals surface area contributed by atoms with E-state index in [1.807, 2.05) is 6.92 Å². The molecule has 90 valence electrons. The van der Waals surface area contributed by atoms with Crippen LogP contribution in [0.25, 0.3) is 0 Å². The van der Waals surface area contributed by atoms with Gasteiger partial charge in [0.05, 0.1) is 6.61 Å². The Morgan fingerprint density at radius 3 is 2.69 bits per heavy atom. The molecule has 0 aromatic heterocycles. The molecule has 1 rings (SSSR count). The van der Waals surface area contributed by atoms with Crippen LogP contribution in [0.15, 0.2) is 11.3 Å². The summed E-state index contributed by atoms with van der Waals surface area (Å²) in [7, 11) is 0. The summed E-state index contributed by atoms with van der Waals surface area (Å²) in [6, 6.07) is 0. The molecule has 0 saturated carbocycles. The molecule has 1 aliphatic rings. The van der Waals surface area contributed by atoms with Crippen LogP contribution in [-0.2, 0) is 14.3 Å². The summed E-state index contributed by atoms with van der Waals surface area (Å²) in [5.74, 6) is -1.50. The van der Waals surface area contributed by atoms with Gasteiger partial charge < -0.3 is 15.2 Å². The average molecular weight is 227 g/mol. The highest BCUT2D eigenvalue weighted by molar-refractivity contribution is 6.17. The van der Waals surface area contributed by atoms with Gasteiger partial charge in [-0.25, -0.2) is 4.79 Å². The van der Waals surface area contributed by atoms with Crippen LogP contribution in [0.3, 0.4) is 0 Å². The number of aliphatic hydroxyl groups is 1. The molecule has 0 spiro atoms. The van der Waals surface area contributed by atoms with Crippen molar-refractivity contribution in [2.24, 2.45) is 5.41 Å². The minimum Gasteiger partial charge on any atom is -0.511 e. The van der Waals surface area contributed by atoms with E-state index in [4.69, 9.17) is 4.74 Å². The maximum atomic E-state index is 11.5. The Labute approximate surface area is 94.5 Å². The first-order valence-corrected chi connectivity index (χ1v) is 5.35. The zero-order chi connectivity index (χ0) is 12.3. The highest BCUT2D eigenvalue weighted by Crippen LogP contribution is 2.33. The minimum absolute atomic E-state index is 0.169. The van der Waals surface area contributed by atoms with E-state index in [1.165, 1.54) is 0 Å². The fourth-order valence-corrected chi connectivity index (χ4v) is 1.54. The van der Waals surface area contributed by atoms with E-state index < -0.39 is 17.3 Å². The van der Waals surface area contributed by atoms with Gasteiger partial charge in [0, 0.05) is 12.0 Å². The second-order valence-corrected chi connectivity index (χ2v) is 4.04. The Morgan fingerprint density at radius 2 is 2.19 bits per heavy atom. The fraction of sp³-hybridized carbons (Fsp3) is 0.636. The Morgan fingerprint density at radius 1 is 1.56 bits per heavy atom. The molecule has 0 aromatic carbocycles. The number of nitrogens with one attached hydrogen (secondary N) is 1. The first kappa shape index (κ1) is 12.5. The Bertz CT molecular complexity index is 348. The second-order valence-electron chi connectivity index (χ2n) is 4.04. The number of amides is 1. The lowest BCUT2D eigenvalue weighted by Crippen LogP contribution is -2.45. The normalized spacial score (nSPS) is 25.3. The molecule has 0 aromatic rings. The van der Waals surface area contributed by atoms with Gasteiger partial charge in [0.1, 0.15) is 5.76 Å². The number of aliphatic hydroxyl groups excluding tert-OH is 1. The number of rotatable bonds is 3. The van der Waals surface area contributed by atoms with Crippen molar-refractivity contribution in [3.8, 4) is 0 Å². The number of hydrogen-bond acceptors (Lipinski definition) is 4. The molecule has 5 heteroatoms. The molecule has 0 fully saturated rings. The maximum Gasteiger partial charge on any atom is 0.347 e. The zero-order valence-electron chi connectivity index (χ0n) is 9.79. The smallest absolute Gasteiger partial charge is 0.347 e. The summed E-state index contributed by atoms with van der Waals surface area (Å²) in [5.41, 5.74) is -0.854. The molecule has 1 amide bonds. The van der Waals surface area contributed by atoms with Crippen LogP contribution in [-0.4, -0.2) is 30.1 Å². The summed E-state index contributed by atoms with van der Waals surface area (Å²) < 4.78 is 4.74. The van der Waals surface area contributed by atoms with Crippen LogP contribution < -0.4 is 5.32 Å². The lowest BCUT2D eigenvalue weighted by atomic mass is 9.80. The largest absolute Gasteiger partial charge is 0.511 e. The van der Waals surface area contributed by atoms with E-state index >= 15 is 0 Å². The molecular weight excluding hydrogens is 210 g/mol. The van der Waals surface area contributed by atoms with Crippen molar-refractivity contribution in [2.75, 3.05) is 13.2 Å². The zero-order valence-corrected chi connectivity index (χ0v) is 9.79. The quantitative estimate of drug-likeness (QED) is 0.555. The topological polar surface area (TPSA) is 75.6 Å². The van der Waals surface area contributed by atoms with Gasteiger partial charge in [-0.3, -0.25) is 4.79 Å². The number of ether oxygens (including phenoxy) is 1. The molecule has 2 N–H and O–H groups in total. The highest BCUT2D eigenvalue weighted by atomic mass is 16.5. The van der Waals surface area contributed by atoms with Crippen LogP contribution in [0.4, 0.5) is 0 Å².